The molecule has 1 aliphatic heterocycles. The second-order valence-electron chi connectivity index (χ2n) is 2.42. The van der Waals surface area contributed by atoms with Gasteiger partial charge in [0.2, 0.25) is 0 Å². The van der Waals surface area contributed by atoms with Gasteiger partial charge in [0.25, 0.3) is 0 Å². The first-order chi connectivity index (χ1) is 5.08. The molecule has 1 unspecified atom stereocenters. The van der Waals surface area contributed by atoms with E-state index in [0.29, 0.717) is 6.61 Å². The molecule has 0 aromatic rings. The maximum atomic E-state index is 10.2. The largest absolute Gasteiger partial charge is 1.00 e. The van der Waals surface area contributed by atoms with Crippen molar-refractivity contribution in [3.05, 3.63) is 0 Å². The van der Waals surface area contributed by atoms with Crippen molar-refractivity contribution in [2.24, 2.45) is 0 Å². The number of rotatable bonds is 3. The topological polar surface area (TPSA) is 76.0 Å². The van der Waals surface area contributed by atoms with E-state index in [1.54, 1.807) is 0 Å². The molecule has 1 atom stereocenters. The summed E-state index contributed by atoms with van der Waals surface area (Å²) in [6, 6.07) is 0. The van der Waals surface area contributed by atoms with Gasteiger partial charge in [0, 0.05) is 6.61 Å². The molecule has 0 saturated carbocycles. The van der Waals surface area contributed by atoms with Crippen LogP contribution in [0.25, 0.3) is 0 Å². The zero-order valence-electron chi connectivity index (χ0n) is 7.97. The van der Waals surface area contributed by atoms with Crippen molar-refractivity contribution in [1.29, 1.82) is 0 Å². The van der Waals surface area contributed by atoms with Gasteiger partial charge in [0.15, 0.2) is 0 Å². The van der Waals surface area contributed by atoms with Gasteiger partial charge in [0.05, 0.1) is 12.7 Å². The fourth-order valence-corrected chi connectivity index (χ4v) is 1.32. The van der Waals surface area contributed by atoms with Crippen LogP contribution in [0.2, 0.25) is 0 Å². The van der Waals surface area contributed by atoms with Gasteiger partial charge in [-0.3, -0.25) is 4.52 Å². The van der Waals surface area contributed by atoms with Crippen LogP contribution in [-0.2, 0) is 13.8 Å². The molecule has 1 aliphatic rings. The summed E-state index contributed by atoms with van der Waals surface area (Å²) in [5.74, 6) is 0. The van der Waals surface area contributed by atoms with E-state index in [2.05, 4.69) is 4.52 Å². The normalized spacial score (nSPS) is 23.7. The van der Waals surface area contributed by atoms with Crippen molar-refractivity contribution in [2.45, 2.75) is 18.9 Å². The van der Waals surface area contributed by atoms with E-state index in [1.807, 2.05) is 0 Å². The van der Waals surface area contributed by atoms with Gasteiger partial charge >= 0.3 is 59.2 Å². The Morgan fingerprint density at radius 3 is 2.75 bits per heavy atom. The molecule has 0 radical (unpaired) electrons. The summed E-state index contributed by atoms with van der Waals surface area (Å²) in [6.07, 6.45) is 1.62. The first-order valence-electron chi connectivity index (χ1n) is 3.39. The third-order valence-electron chi connectivity index (χ3n) is 1.45. The predicted octanol–water partition coefficient (Wildman–Crippen LogP) is -2.61. The number of hydrogen-bond donors (Lipinski definition) is 2. The molecule has 0 aliphatic carbocycles. The van der Waals surface area contributed by atoms with Crippen LogP contribution >= 0.6 is 7.82 Å². The Morgan fingerprint density at radius 2 is 2.33 bits per heavy atom. The minimum absolute atomic E-state index is 0. The van der Waals surface area contributed by atoms with Crippen molar-refractivity contribution in [3.63, 3.8) is 0 Å². The zero-order chi connectivity index (χ0) is 8.32. The van der Waals surface area contributed by atoms with Gasteiger partial charge in [-0.25, -0.2) is 4.57 Å². The maximum Gasteiger partial charge on any atom is 1.00 e. The fraction of sp³-hybridized carbons (Fsp3) is 1.00. The third kappa shape index (κ3) is 6.20. The molecule has 12 heavy (non-hydrogen) atoms. The van der Waals surface area contributed by atoms with Crippen LogP contribution in [0.1, 0.15) is 14.3 Å². The van der Waals surface area contributed by atoms with Crippen LogP contribution in [0.3, 0.4) is 0 Å². The Morgan fingerprint density at radius 1 is 1.67 bits per heavy atom. The quantitative estimate of drug-likeness (QED) is 0.404. The minimum Gasteiger partial charge on any atom is -1.00 e. The molecule has 1 fully saturated rings. The Labute approximate surface area is 115 Å². The van der Waals surface area contributed by atoms with Crippen LogP contribution in [0.5, 0.6) is 0 Å². The Bertz CT molecular complexity index is 168. The summed E-state index contributed by atoms with van der Waals surface area (Å²) < 4.78 is 19.5. The van der Waals surface area contributed by atoms with Gasteiger partial charge in [0.1, 0.15) is 0 Å². The Kier molecular flexibility index (Phi) is 7.13. The summed E-state index contributed by atoms with van der Waals surface area (Å²) in [7, 11) is -4.30. The molecular formula is C5H12KO5P. The van der Waals surface area contributed by atoms with Crippen LogP contribution in [-0.4, -0.2) is 29.1 Å². The molecule has 1 saturated heterocycles. The van der Waals surface area contributed by atoms with Gasteiger partial charge in [-0.2, -0.15) is 0 Å². The second kappa shape index (κ2) is 6.24. The number of ether oxygens (including phenoxy) is 1. The summed E-state index contributed by atoms with van der Waals surface area (Å²) in [5, 5.41) is 0. The molecule has 0 bridgehead atoms. The SMILES string of the molecule is O=P(O)(O)OCC1CCCO1.[H-].[K+]. The number of hydrogen-bond acceptors (Lipinski definition) is 3. The van der Waals surface area contributed by atoms with Crippen LogP contribution in [0, 0.1) is 0 Å². The Hall–Kier alpha value is 1.71. The molecule has 0 amide bonds. The fourth-order valence-electron chi connectivity index (χ4n) is 0.956. The van der Waals surface area contributed by atoms with Gasteiger partial charge < -0.3 is 16.0 Å². The van der Waals surface area contributed by atoms with Crippen molar-refractivity contribution >= 4 is 7.82 Å². The molecule has 1 heterocycles. The van der Waals surface area contributed by atoms with E-state index in [0.717, 1.165) is 12.8 Å². The van der Waals surface area contributed by atoms with Crippen molar-refractivity contribution in [1.82, 2.24) is 0 Å². The summed E-state index contributed by atoms with van der Waals surface area (Å²) in [5.41, 5.74) is 0. The average molecular weight is 222 g/mol. The van der Waals surface area contributed by atoms with E-state index < -0.39 is 7.82 Å². The first kappa shape index (κ1) is 13.7. The summed E-state index contributed by atoms with van der Waals surface area (Å²) >= 11 is 0. The number of phosphoric acid groups is 1. The monoisotopic (exact) mass is 222 g/mol. The van der Waals surface area contributed by atoms with E-state index in [4.69, 9.17) is 14.5 Å². The van der Waals surface area contributed by atoms with Crippen molar-refractivity contribution < 1.29 is 76.4 Å². The van der Waals surface area contributed by atoms with Gasteiger partial charge in [-0.15, -0.1) is 0 Å². The maximum absolute atomic E-state index is 10.2. The molecule has 0 spiro atoms. The second-order valence-corrected chi connectivity index (χ2v) is 3.66. The average Bonchev–Trinajstić information content (AvgIpc) is 2.32. The predicted molar refractivity (Wildman–Crippen MR) is 38.1 cm³/mol. The molecule has 1 rings (SSSR count). The summed E-state index contributed by atoms with van der Waals surface area (Å²) in [4.78, 5) is 16.6. The van der Waals surface area contributed by atoms with Gasteiger partial charge in [-0.1, -0.05) is 0 Å². The zero-order valence-corrected chi connectivity index (χ0v) is 11.0. The van der Waals surface area contributed by atoms with E-state index in [1.165, 1.54) is 0 Å². The minimum atomic E-state index is -4.30. The molecular weight excluding hydrogens is 210 g/mol. The molecule has 5 nitrogen and oxygen atoms in total. The summed E-state index contributed by atoms with van der Waals surface area (Å²) in [6.45, 7) is 0.652. The number of phosphoric ester groups is 1. The van der Waals surface area contributed by atoms with E-state index in [9.17, 15) is 4.57 Å². The standard InChI is InChI=1S/C5H11O5P.K.H/c6-11(7,8)10-4-5-2-1-3-9-5;;/h5H,1-4H2,(H2,6,7,8);;/q;+1;-1. The molecule has 2 N–H and O–H groups in total. The molecule has 7 heteroatoms. The molecule has 0 aromatic carbocycles. The van der Waals surface area contributed by atoms with Crippen molar-refractivity contribution in [3.8, 4) is 0 Å². The van der Waals surface area contributed by atoms with E-state index in [-0.39, 0.29) is 65.5 Å². The first-order valence-corrected chi connectivity index (χ1v) is 4.92. The van der Waals surface area contributed by atoms with E-state index >= 15 is 0 Å². The smallest absolute Gasteiger partial charge is 1.00 e. The van der Waals surface area contributed by atoms with Crippen LogP contribution in [0.15, 0.2) is 0 Å². The van der Waals surface area contributed by atoms with Crippen LogP contribution in [0.4, 0.5) is 0 Å². The molecule has 0 aromatic heterocycles. The van der Waals surface area contributed by atoms with Crippen LogP contribution < -0.4 is 51.4 Å². The van der Waals surface area contributed by atoms with Gasteiger partial charge in [-0.05, 0) is 12.8 Å². The third-order valence-corrected chi connectivity index (χ3v) is 1.94. The Balaban J connectivity index is 0. The molecule has 68 valence electrons. The van der Waals surface area contributed by atoms with Crippen molar-refractivity contribution in [2.75, 3.05) is 13.2 Å².